The van der Waals surface area contributed by atoms with Crippen molar-refractivity contribution in [1.29, 1.82) is 0 Å². The highest BCUT2D eigenvalue weighted by atomic mass is 35.5. The molecule has 0 amide bonds. The molecule has 26 heteroatoms. The van der Waals surface area contributed by atoms with Gasteiger partial charge in [-0.1, -0.05) is 17.3 Å². The van der Waals surface area contributed by atoms with Crippen LogP contribution in [0.1, 0.15) is 42.7 Å². The van der Waals surface area contributed by atoms with E-state index in [2.05, 4.69) is 42.4 Å². The van der Waals surface area contributed by atoms with Gasteiger partial charge < -0.3 is 81.8 Å². The minimum absolute atomic E-state index is 0.0552. The molecule has 5 heterocycles. The summed E-state index contributed by atoms with van der Waals surface area (Å²) in [6.45, 7) is 7.97. The molecule has 0 bridgehead atoms. The van der Waals surface area contributed by atoms with Crippen molar-refractivity contribution in [2.24, 2.45) is 0 Å². The molecule has 24 nitrogen and oxygen atoms in total. The number of nitrogens with zero attached hydrogens (tertiary/aromatic N) is 8. The van der Waals surface area contributed by atoms with Crippen LogP contribution in [0, 0.1) is 0 Å². The second kappa shape index (κ2) is 31.0. The van der Waals surface area contributed by atoms with Gasteiger partial charge in [-0.2, -0.15) is 15.1 Å². The minimum atomic E-state index is -2.74. The number of benzene rings is 1. The standard InChI is InChI=1S/C44H66ClN8O16P/c45-43-47-41(39-26-46-53(42(39)48-43)40-7-6-38(69-40)31-68-44(32-55,33-56)70(57)58)51-27-35(28-51)34-2-4-37(5-3-34)67-25-24-65-21-20-63-18-19-64-22-23-66-30-36-29-52(50-49-36)8-11-60-13-15-62-17-16-61-14-12-59-10-1-9-54/h2-5,9,26,29,35,38,40,55-58H,1,6-8,10-25,27-28,30-33H2. The molecule has 2 aliphatic rings. The van der Waals surface area contributed by atoms with E-state index in [0.29, 0.717) is 150 Å². The van der Waals surface area contributed by atoms with Crippen molar-refractivity contribution >= 4 is 43.1 Å². The van der Waals surface area contributed by atoms with Gasteiger partial charge in [0.2, 0.25) is 13.7 Å². The molecule has 0 radical (unpaired) electrons. The Kier molecular flexibility index (Phi) is 24.7. The lowest BCUT2D eigenvalue weighted by molar-refractivity contribution is -0.109. The van der Waals surface area contributed by atoms with Gasteiger partial charge in [-0.3, -0.25) is 0 Å². The van der Waals surface area contributed by atoms with Gasteiger partial charge in [0.25, 0.3) is 0 Å². The molecule has 1 aromatic carbocycles. The van der Waals surface area contributed by atoms with Crippen LogP contribution in [-0.2, 0) is 65.3 Å². The van der Waals surface area contributed by atoms with Crippen molar-refractivity contribution in [2.45, 2.75) is 56.0 Å². The van der Waals surface area contributed by atoms with E-state index in [9.17, 15) is 24.8 Å². The maximum Gasteiger partial charge on any atom is 0.226 e. The zero-order chi connectivity index (χ0) is 49.2. The number of anilines is 1. The third-order valence-electron chi connectivity index (χ3n) is 11.1. The van der Waals surface area contributed by atoms with E-state index in [0.717, 1.165) is 36.2 Å². The van der Waals surface area contributed by atoms with Crippen LogP contribution in [0.25, 0.3) is 11.0 Å². The van der Waals surface area contributed by atoms with Crippen LogP contribution in [0.15, 0.2) is 36.7 Å². The highest BCUT2D eigenvalue weighted by Gasteiger charge is 2.41. The minimum Gasteiger partial charge on any atom is -0.491 e. The largest absolute Gasteiger partial charge is 0.491 e. The summed E-state index contributed by atoms with van der Waals surface area (Å²) in [7, 11) is -2.74. The Balaban J connectivity index is 0.736. The Morgan fingerprint density at radius 2 is 1.37 bits per heavy atom. The Morgan fingerprint density at radius 1 is 0.771 bits per heavy atom. The highest BCUT2D eigenvalue weighted by Crippen LogP contribution is 2.43. The number of aromatic nitrogens is 7. The molecule has 4 aromatic rings. The average molecular weight is 1030 g/mol. The number of hydrogen-bond donors (Lipinski definition) is 4. The normalized spacial score (nSPS) is 16.5. The molecule has 390 valence electrons. The zero-order valence-corrected chi connectivity index (χ0v) is 40.9. The predicted octanol–water partition coefficient (Wildman–Crippen LogP) is 1.65. The molecular formula is C44H66ClN8O16P. The Bertz CT molecular complexity index is 2070. The maximum atomic E-state index is 10.2. The molecule has 70 heavy (non-hydrogen) atoms. The molecule has 0 aliphatic carbocycles. The maximum absolute atomic E-state index is 10.2. The number of aliphatic hydroxyl groups excluding tert-OH is 2. The lowest BCUT2D eigenvalue weighted by Gasteiger charge is -2.40. The fraction of sp³-hybridized carbons (Fsp3) is 0.682. The van der Waals surface area contributed by atoms with Crippen LogP contribution >= 0.6 is 20.0 Å². The number of halogens is 1. The molecular weight excluding hydrogens is 963 g/mol. The van der Waals surface area contributed by atoms with Gasteiger partial charge >= 0.3 is 0 Å². The summed E-state index contributed by atoms with van der Waals surface area (Å²) in [5.74, 6) is 1.73. The van der Waals surface area contributed by atoms with E-state index in [1.54, 1.807) is 15.6 Å². The first-order chi connectivity index (χ1) is 34.3. The molecule has 4 N–H and O–H groups in total. The van der Waals surface area contributed by atoms with Gasteiger partial charge in [0.1, 0.15) is 30.2 Å². The van der Waals surface area contributed by atoms with Crippen molar-refractivity contribution in [3.8, 4) is 5.75 Å². The molecule has 2 saturated heterocycles. The highest BCUT2D eigenvalue weighted by molar-refractivity contribution is 7.46. The number of carbonyl (C=O) groups is 1. The van der Waals surface area contributed by atoms with Crippen molar-refractivity contribution in [3.63, 3.8) is 0 Å². The first-order valence-electron chi connectivity index (χ1n) is 23.3. The van der Waals surface area contributed by atoms with Crippen LogP contribution in [0.2, 0.25) is 5.28 Å². The number of aldehydes is 1. The molecule has 0 saturated carbocycles. The number of carbonyl (C=O) groups excluding carboxylic acids is 1. The van der Waals surface area contributed by atoms with E-state index in [4.69, 9.17) is 63.7 Å². The smallest absolute Gasteiger partial charge is 0.226 e. The summed E-state index contributed by atoms with van der Waals surface area (Å²) >= 11 is 6.41. The molecule has 2 aliphatic heterocycles. The number of ether oxygens (including phenoxy) is 11. The van der Waals surface area contributed by atoms with E-state index in [1.807, 2.05) is 18.3 Å². The Hall–Kier alpha value is -3.66. The number of rotatable bonds is 39. The molecule has 2 atom stereocenters. The van der Waals surface area contributed by atoms with Gasteiger partial charge in [-0.15, -0.1) is 5.10 Å². The zero-order valence-electron chi connectivity index (χ0n) is 39.2. The quantitative estimate of drug-likeness (QED) is 0.0214. The van der Waals surface area contributed by atoms with Crippen LogP contribution in [0.3, 0.4) is 0 Å². The summed E-state index contributed by atoms with van der Waals surface area (Å²) in [5, 5.41) is 31.0. The lowest BCUT2D eigenvalue weighted by Crippen LogP contribution is -2.45. The van der Waals surface area contributed by atoms with Crippen molar-refractivity contribution < 1.29 is 76.9 Å². The van der Waals surface area contributed by atoms with Gasteiger partial charge in [0.15, 0.2) is 17.2 Å². The fourth-order valence-electron chi connectivity index (χ4n) is 7.22. The summed E-state index contributed by atoms with van der Waals surface area (Å²) in [6, 6.07) is 8.05. The Labute approximate surface area is 412 Å². The summed E-state index contributed by atoms with van der Waals surface area (Å²) in [4.78, 5) is 40.7. The van der Waals surface area contributed by atoms with E-state index in [1.165, 1.54) is 5.56 Å². The van der Waals surface area contributed by atoms with Gasteiger partial charge in [0.05, 0.1) is 156 Å². The summed E-state index contributed by atoms with van der Waals surface area (Å²) in [6.07, 6.45) is 5.01. The topological polar surface area (TPSA) is 277 Å². The molecule has 3 aromatic heterocycles. The SMILES string of the molecule is O=CCCOCCOCCOCCOCCn1cc(COCCOCCOCCOCCOc2ccc(C3CN(c4nc(Cl)nc5c4cnn5C4CCC(COC(CO)(CO)P(O)O)O4)C3)cc2)nn1. The van der Waals surface area contributed by atoms with Crippen molar-refractivity contribution in [3.05, 3.63) is 53.2 Å². The van der Waals surface area contributed by atoms with Gasteiger partial charge in [-0.25, -0.2) is 9.36 Å². The van der Waals surface area contributed by atoms with Crippen LogP contribution in [-0.4, -0.2) is 211 Å². The van der Waals surface area contributed by atoms with Crippen LogP contribution in [0.5, 0.6) is 5.75 Å². The summed E-state index contributed by atoms with van der Waals surface area (Å²) < 4.78 is 65.1. The van der Waals surface area contributed by atoms with Crippen LogP contribution in [0.4, 0.5) is 5.82 Å². The number of aliphatic hydroxyl groups is 2. The molecule has 2 unspecified atom stereocenters. The monoisotopic (exact) mass is 1030 g/mol. The lowest BCUT2D eigenvalue weighted by atomic mass is 9.91. The predicted molar refractivity (Wildman–Crippen MR) is 251 cm³/mol. The second-order valence-corrected chi connectivity index (χ2v) is 17.8. The number of hydrogen-bond acceptors (Lipinski definition) is 22. The third-order valence-corrected chi connectivity index (χ3v) is 12.4. The van der Waals surface area contributed by atoms with Crippen molar-refractivity contribution in [1.82, 2.24) is 34.7 Å². The van der Waals surface area contributed by atoms with E-state index < -0.39 is 39.3 Å². The average Bonchev–Trinajstić information content (AvgIpc) is 4.13. The van der Waals surface area contributed by atoms with E-state index >= 15 is 0 Å². The molecule has 6 rings (SSSR count). The van der Waals surface area contributed by atoms with Gasteiger partial charge in [0, 0.05) is 25.4 Å². The van der Waals surface area contributed by atoms with Crippen molar-refractivity contribution in [2.75, 3.05) is 144 Å². The number of fused-ring (bicyclic) bond motifs is 1. The third kappa shape index (κ3) is 17.8. The molecule has 2 fully saturated rings. The van der Waals surface area contributed by atoms with Gasteiger partial charge in [-0.05, 0) is 42.1 Å². The fourth-order valence-corrected chi connectivity index (χ4v) is 7.82. The first kappa shape index (κ1) is 55.7. The second-order valence-electron chi connectivity index (χ2n) is 16.1. The Morgan fingerprint density at radius 3 is 1.99 bits per heavy atom. The first-order valence-corrected chi connectivity index (χ1v) is 25.0. The van der Waals surface area contributed by atoms with E-state index in [-0.39, 0.29) is 17.8 Å². The summed E-state index contributed by atoms with van der Waals surface area (Å²) in [5.41, 5.74) is 2.44. The van der Waals surface area contributed by atoms with Crippen LogP contribution < -0.4 is 9.64 Å². The molecule has 0 spiro atoms.